The zero-order valence-electron chi connectivity index (χ0n) is 10.5. The summed E-state index contributed by atoms with van der Waals surface area (Å²) in [6, 6.07) is 0.321. The molecule has 0 aromatic heterocycles. The van der Waals surface area contributed by atoms with E-state index < -0.39 is 0 Å². The molecular weight excluding hydrogens is 222 g/mol. The van der Waals surface area contributed by atoms with Gasteiger partial charge in [-0.3, -0.25) is 9.69 Å². The van der Waals surface area contributed by atoms with Crippen LogP contribution in [0.25, 0.3) is 0 Å². The van der Waals surface area contributed by atoms with Crippen LogP contribution >= 0.6 is 12.2 Å². The van der Waals surface area contributed by atoms with Crippen LogP contribution in [0.2, 0.25) is 0 Å². The lowest BCUT2D eigenvalue weighted by molar-refractivity contribution is -0.122. The minimum Gasteiger partial charge on any atom is -0.393 e. The lowest BCUT2D eigenvalue weighted by Crippen LogP contribution is -2.42. The highest BCUT2D eigenvalue weighted by molar-refractivity contribution is 7.80. The summed E-state index contributed by atoms with van der Waals surface area (Å²) in [6.07, 6.45) is 1.62. The third-order valence-corrected chi connectivity index (χ3v) is 2.50. The quantitative estimate of drug-likeness (QED) is 0.624. The third kappa shape index (κ3) is 7.59. The molecular formula is C11H23N3OS. The number of nitrogens with one attached hydrogen (secondary N) is 1. The van der Waals surface area contributed by atoms with Crippen LogP contribution in [0.4, 0.5) is 0 Å². The van der Waals surface area contributed by atoms with Gasteiger partial charge in [-0.05, 0) is 20.3 Å². The second-order valence-corrected chi connectivity index (χ2v) is 4.65. The van der Waals surface area contributed by atoms with Gasteiger partial charge in [0.2, 0.25) is 5.91 Å². The van der Waals surface area contributed by atoms with E-state index in [-0.39, 0.29) is 5.91 Å². The molecule has 0 heterocycles. The van der Waals surface area contributed by atoms with Crippen molar-refractivity contribution in [2.75, 3.05) is 19.6 Å². The van der Waals surface area contributed by atoms with Gasteiger partial charge < -0.3 is 11.1 Å². The third-order valence-electron chi connectivity index (χ3n) is 2.29. The molecule has 5 heteroatoms. The Morgan fingerprint density at radius 1 is 1.50 bits per heavy atom. The predicted octanol–water partition coefficient (Wildman–Crippen LogP) is 0.899. The van der Waals surface area contributed by atoms with Gasteiger partial charge in [0.1, 0.15) is 0 Å². The van der Waals surface area contributed by atoms with Gasteiger partial charge in [-0.15, -0.1) is 0 Å². The molecule has 0 aliphatic rings. The molecule has 0 fully saturated rings. The molecule has 94 valence electrons. The van der Waals surface area contributed by atoms with Crippen molar-refractivity contribution in [3.63, 3.8) is 0 Å². The van der Waals surface area contributed by atoms with Crippen molar-refractivity contribution >= 4 is 23.1 Å². The lowest BCUT2D eigenvalue weighted by atomic mass is 10.2. The number of amides is 1. The molecule has 0 rings (SSSR count). The number of thiocarbonyl (C=S) groups is 1. The molecule has 0 aromatic rings. The van der Waals surface area contributed by atoms with Crippen molar-refractivity contribution in [1.29, 1.82) is 0 Å². The van der Waals surface area contributed by atoms with Crippen LogP contribution in [0.1, 0.15) is 33.6 Å². The van der Waals surface area contributed by atoms with Gasteiger partial charge in [0, 0.05) is 25.6 Å². The van der Waals surface area contributed by atoms with E-state index in [0.29, 0.717) is 24.0 Å². The second kappa shape index (κ2) is 8.47. The highest BCUT2D eigenvalue weighted by Gasteiger charge is 2.13. The Hall–Kier alpha value is -0.680. The number of nitrogens with zero attached hydrogens (tertiary/aromatic N) is 1. The molecule has 4 nitrogen and oxygen atoms in total. The maximum Gasteiger partial charge on any atom is 0.234 e. The fourth-order valence-corrected chi connectivity index (χ4v) is 1.37. The summed E-state index contributed by atoms with van der Waals surface area (Å²) in [6.45, 7) is 8.06. The van der Waals surface area contributed by atoms with Gasteiger partial charge in [0.25, 0.3) is 0 Å². The molecule has 0 spiro atoms. The summed E-state index contributed by atoms with van der Waals surface area (Å²) in [7, 11) is 0. The lowest BCUT2D eigenvalue weighted by Gasteiger charge is -2.25. The molecule has 3 N–H and O–H groups in total. The Morgan fingerprint density at radius 2 is 2.12 bits per heavy atom. The molecule has 0 unspecified atom stereocenters. The number of nitrogens with two attached hydrogens (primary N) is 1. The van der Waals surface area contributed by atoms with E-state index in [9.17, 15) is 4.79 Å². The zero-order chi connectivity index (χ0) is 12.6. The van der Waals surface area contributed by atoms with Gasteiger partial charge in [-0.1, -0.05) is 19.1 Å². The summed E-state index contributed by atoms with van der Waals surface area (Å²) in [4.78, 5) is 14.1. The predicted molar refractivity (Wildman–Crippen MR) is 71.4 cm³/mol. The van der Waals surface area contributed by atoms with Crippen LogP contribution in [0.3, 0.4) is 0 Å². The number of hydrogen-bond acceptors (Lipinski definition) is 3. The minimum absolute atomic E-state index is 0.0680. The first-order valence-corrected chi connectivity index (χ1v) is 6.17. The standard InChI is InChI=1S/C11H23N3OS/c1-4-6-13-11(15)8-14(9(2)3)7-5-10(12)16/h9H,4-8H2,1-3H3,(H2,12,16)(H,13,15). The van der Waals surface area contributed by atoms with E-state index in [4.69, 9.17) is 18.0 Å². The van der Waals surface area contributed by atoms with Crippen molar-refractivity contribution in [3.8, 4) is 0 Å². The fraction of sp³-hybridized carbons (Fsp3) is 0.818. The first kappa shape index (κ1) is 15.3. The summed E-state index contributed by atoms with van der Waals surface area (Å²) in [5, 5.41) is 2.86. The topological polar surface area (TPSA) is 58.4 Å². The number of carbonyl (C=O) groups excluding carboxylic acids is 1. The van der Waals surface area contributed by atoms with Crippen LogP contribution < -0.4 is 11.1 Å². The van der Waals surface area contributed by atoms with E-state index in [2.05, 4.69) is 24.1 Å². The normalized spacial score (nSPS) is 10.8. The number of rotatable bonds is 8. The van der Waals surface area contributed by atoms with Crippen molar-refractivity contribution in [1.82, 2.24) is 10.2 Å². The highest BCUT2D eigenvalue weighted by Crippen LogP contribution is 1.99. The highest BCUT2D eigenvalue weighted by atomic mass is 32.1. The van der Waals surface area contributed by atoms with Gasteiger partial charge in [0.15, 0.2) is 0 Å². The smallest absolute Gasteiger partial charge is 0.234 e. The van der Waals surface area contributed by atoms with Crippen molar-refractivity contribution in [2.45, 2.75) is 39.7 Å². The van der Waals surface area contributed by atoms with E-state index in [1.807, 2.05) is 6.92 Å². The first-order valence-electron chi connectivity index (χ1n) is 5.76. The minimum atomic E-state index is 0.0680. The molecule has 0 radical (unpaired) electrons. The summed E-state index contributed by atoms with van der Waals surface area (Å²) in [5.41, 5.74) is 5.46. The van der Waals surface area contributed by atoms with E-state index >= 15 is 0 Å². The average molecular weight is 245 g/mol. The summed E-state index contributed by atoms with van der Waals surface area (Å²) >= 11 is 4.83. The Bertz CT molecular complexity index is 231. The Morgan fingerprint density at radius 3 is 2.56 bits per heavy atom. The summed E-state index contributed by atoms with van der Waals surface area (Å²) in [5.74, 6) is 0.0680. The van der Waals surface area contributed by atoms with Crippen molar-refractivity contribution < 1.29 is 4.79 Å². The average Bonchev–Trinajstić information content (AvgIpc) is 2.20. The SMILES string of the molecule is CCCNC(=O)CN(CCC(N)=S)C(C)C. The van der Waals surface area contributed by atoms with Crippen LogP contribution in [0.15, 0.2) is 0 Å². The maximum atomic E-state index is 11.5. The molecule has 0 saturated heterocycles. The molecule has 0 saturated carbocycles. The van der Waals surface area contributed by atoms with Crippen LogP contribution in [-0.2, 0) is 4.79 Å². The van der Waals surface area contributed by atoms with Crippen molar-refractivity contribution in [3.05, 3.63) is 0 Å². The molecule has 0 aliphatic carbocycles. The molecule has 0 bridgehead atoms. The van der Waals surface area contributed by atoms with Crippen LogP contribution in [0.5, 0.6) is 0 Å². The van der Waals surface area contributed by atoms with Crippen LogP contribution in [-0.4, -0.2) is 41.5 Å². The van der Waals surface area contributed by atoms with E-state index in [1.165, 1.54) is 0 Å². The Kier molecular flexibility index (Phi) is 8.11. The first-order chi connectivity index (χ1) is 7.47. The zero-order valence-corrected chi connectivity index (χ0v) is 11.3. The van der Waals surface area contributed by atoms with Crippen LogP contribution in [0, 0.1) is 0 Å². The largest absolute Gasteiger partial charge is 0.393 e. The van der Waals surface area contributed by atoms with Gasteiger partial charge in [-0.2, -0.15) is 0 Å². The van der Waals surface area contributed by atoms with Crippen molar-refractivity contribution in [2.24, 2.45) is 5.73 Å². The van der Waals surface area contributed by atoms with Gasteiger partial charge in [-0.25, -0.2) is 0 Å². The van der Waals surface area contributed by atoms with E-state index in [0.717, 1.165) is 19.5 Å². The molecule has 0 aromatic carbocycles. The Labute approximate surface area is 104 Å². The molecule has 1 amide bonds. The molecule has 0 atom stereocenters. The van der Waals surface area contributed by atoms with E-state index in [1.54, 1.807) is 0 Å². The van der Waals surface area contributed by atoms with Gasteiger partial charge >= 0.3 is 0 Å². The maximum absolute atomic E-state index is 11.5. The number of hydrogen-bond donors (Lipinski definition) is 2. The summed E-state index contributed by atoms with van der Waals surface area (Å²) < 4.78 is 0. The fourth-order valence-electron chi connectivity index (χ4n) is 1.28. The van der Waals surface area contributed by atoms with Gasteiger partial charge in [0.05, 0.1) is 11.5 Å². The molecule has 16 heavy (non-hydrogen) atoms. The monoisotopic (exact) mass is 245 g/mol. The molecule has 0 aliphatic heterocycles. The second-order valence-electron chi connectivity index (χ2n) is 4.13. The number of carbonyl (C=O) groups is 1. The Balaban J connectivity index is 4.02.